The van der Waals surface area contributed by atoms with Gasteiger partial charge < -0.3 is 10.1 Å². The molecule has 5 heteroatoms. The highest BCUT2D eigenvalue weighted by molar-refractivity contribution is 6.31. The number of nitrogens with zero attached hydrogens (tertiary/aromatic N) is 2. The molecular formula is C10H12ClFN2O. The van der Waals surface area contributed by atoms with Gasteiger partial charge in [0.05, 0.1) is 5.02 Å². The molecule has 0 atom stereocenters. The van der Waals surface area contributed by atoms with Crippen molar-refractivity contribution >= 4 is 17.3 Å². The van der Waals surface area contributed by atoms with E-state index in [1.54, 1.807) is 0 Å². The normalized spacial score (nSPS) is 12.2. The van der Waals surface area contributed by atoms with Gasteiger partial charge in [-0.05, 0) is 32.3 Å². The molecule has 0 saturated carbocycles. The van der Waals surface area contributed by atoms with Crippen LogP contribution in [-0.4, -0.2) is 36.5 Å². The molecule has 0 bridgehead atoms. The van der Waals surface area contributed by atoms with Gasteiger partial charge in [0.2, 0.25) is 0 Å². The number of oxime groups is 1. The van der Waals surface area contributed by atoms with Crippen molar-refractivity contribution in [3.8, 4) is 0 Å². The van der Waals surface area contributed by atoms with Crippen LogP contribution in [0.3, 0.4) is 0 Å². The molecule has 1 rings (SSSR count). The van der Waals surface area contributed by atoms with Gasteiger partial charge in [0, 0.05) is 12.1 Å². The van der Waals surface area contributed by atoms with Crippen LogP contribution >= 0.6 is 11.6 Å². The van der Waals surface area contributed by atoms with Crippen LogP contribution in [0.4, 0.5) is 4.39 Å². The standard InChI is InChI=1S/C10H12ClFN2O/c1-14(2)6-10(13-15)7-3-4-9(12)8(11)5-7/h3-5,15H,6H2,1-2H3/b13-10-. The summed E-state index contributed by atoms with van der Waals surface area (Å²) in [6.45, 7) is 0.457. The lowest BCUT2D eigenvalue weighted by atomic mass is 10.1. The molecule has 3 nitrogen and oxygen atoms in total. The number of benzene rings is 1. The second-order valence-corrected chi connectivity index (χ2v) is 3.82. The minimum atomic E-state index is -0.484. The fourth-order valence-electron chi connectivity index (χ4n) is 1.16. The maximum atomic E-state index is 12.9. The van der Waals surface area contributed by atoms with Crippen LogP contribution in [0, 0.1) is 5.82 Å². The molecule has 0 fully saturated rings. The van der Waals surface area contributed by atoms with E-state index in [1.807, 2.05) is 19.0 Å². The van der Waals surface area contributed by atoms with Crippen LogP contribution in [0.1, 0.15) is 5.56 Å². The highest BCUT2D eigenvalue weighted by atomic mass is 35.5. The fraction of sp³-hybridized carbons (Fsp3) is 0.300. The molecule has 0 aromatic heterocycles. The van der Waals surface area contributed by atoms with Gasteiger partial charge in [-0.15, -0.1) is 0 Å². The van der Waals surface area contributed by atoms with E-state index in [0.29, 0.717) is 17.8 Å². The van der Waals surface area contributed by atoms with E-state index < -0.39 is 5.82 Å². The van der Waals surface area contributed by atoms with Crippen molar-refractivity contribution in [2.75, 3.05) is 20.6 Å². The number of hydrogen-bond acceptors (Lipinski definition) is 3. The molecule has 0 radical (unpaired) electrons. The van der Waals surface area contributed by atoms with Crippen LogP contribution < -0.4 is 0 Å². The van der Waals surface area contributed by atoms with Crippen LogP contribution in [-0.2, 0) is 0 Å². The smallest absolute Gasteiger partial charge is 0.141 e. The number of likely N-dealkylation sites (N-methyl/N-ethyl adjacent to an activating group) is 1. The lowest BCUT2D eigenvalue weighted by Gasteiger charge is -2.11. The SMILES string of the molecule is CN(C)C/C(=N/O)c1ccc(F)c(Cl)c1. The van der Waals surface area contributed by atoms with Gasteiger partial charge in [0.1, 0.15) is 11.5 Å². The molecule has 1 aromatic carbocycles. The van der Waals surface area contributed by atoms with Crippen molar-refractivity contribution < 1.29 is 9.60 Å². The van der Waals surface area contributed by atoms with E-state index in [-0.39, 0.29) is 5.02 Å². The predicted molar refractivity (Wildman–Crippen MR) is 58.3 cm³/mol. The first-order chi connectivity index (χ1) is 7.04. The summed E-state index contributed by atoms with van der Waals surface area (Å²) in [4.78, 5) is 1.84. The molecule has 0 aliphatic carbocycles. The fourth-order valence-corrected chi connectivity index (χ4v) is 1.34. The third kappa shape index (κ3) is 3.18. The molecule has 15 heavy (non-hydrogen) atoms. The zero-order valence-electron chi connectivity index (χ0n) is 8.54. The molecule has 82 valence electrons. The van der Waals surface area contributed by atoms with Gasteiger partial charge in [-0.2, -0.15) is 0 Å². The molecule has 0 amide bonds. The van der Waals surface area contributed by atoms with E-state index in [4.69, 9.17) is 16.8 Å². The zero-order chi connectivity index (χ0) is 11.4. The van der Waals surface area contributed by atoms with Crippen LogP contribution in [0.5, 0.6) is 0 Å². The maximum absolute atomic E-state index is 12.9. The van der Waals surface area contributed by atoms with E-state index in [1.165, 1.54) is 18.2 Å². The molecule has 0 spiro atoms. The average Bonchev–Trinajstić information content (AvgIpc) is 2.18. The Morgan fingerprint density at radius 2 is 2.20 bits per heavy atom. The molecule has 1 N–H and O–H groups in total. The summed E-state index contributed by atoms with van der Waals surface area (Å²) < 4.78 is 12.9. The van der Waals surface area contributed by atoms with Crippen molar-refractivity contribution in [1.29, 1.82) is 0 Å². The summed E-state index contributed by atoms with van der Waals surface area (Å²) in [5.74, 6) is -0.484. The van der Waals surface area contributed by atoms with Crippen molar-refractivity contribution in [3.63, 3.8) is 0 Å². The van der Waals surface area contributed by atoms with Crippen LogP contribution in [0.2, 0.25) is 5.02 Å². The average molecular weight is 231 g/mol. The van der Waals surface area contributed by atoms with Gasteiger partial charge in [-0.25, -0.2) is 4.39 Å². The Labute approximate surface area is 92.8 Å². The molecular weight excluding hydrogens is 219 g/mol. The Bertz CT molecular complexity index is 380. The summed E-state index contributed by atoms with van der Waals surface area (Å²) >= 11 is 5.63. The van der Waals surface area contributed by atoms with Crippen molar-refractivity contribution in [2.45, 2.75) is 0 Å². The van der Waals surface area contributed by atoms with Crippen LogP contribution in [0.15, 0.2) is 23.4 Å². The lowest BCUT2D eigenvalue weighted by Crippen LogP contribution is -2.22. The number of rotatable bonds is 3. The Kier molecular flexibility index (Phi) is 4.05. The van der Waals surface area contributed by atoms with E-state index >= 15 is 0 Å². The highest BCUT2D eigenvalue weighted by Crippen LogP contribution is 2.16. The van der Waals surface area contributed by atoms with Gasteiger partial charge in [-0.3, -0.25) is 0 Å². The molecule has 0 saturated heterocycles. The summed E-state index contributed by atoms with van der Waals surface area (Å²) in [5.41, 5.74) is 1.06. The first kappa shape index (κ1) is 11.9. The van der Waals surface area contributed by atoms with Crippen molar-refractivity contribution in [2.24, 2.45) is 5.16 Å². The minimum absolute atomic E-state index is 0.0207. The lowest BCUT2D eigenvalue weighted by molar-refractivity contribution is 0.315. The first-order valence-electron chi connectivity index (χ1n) is 4.35. The number of halogens is 2. The third-order valence-electron chi connectivity index (χ3n) is 1.84. The third-order valence-corrected chi connectivity index (χ3v) is 2.13. The second-order valence-electron chi connectivity index (χ2n) is 3.41. The van der Waals surface area contributed by atoms with Crippen LogP contribution in [0.25, 0.3) is 0 Å². The monoisotopic (exact) mass is 230 g/mol. The molecule has 1 aromatic rings. The summed E-state index contributed by atoms with van der Waals surface area (Å²) in [6, 6.07) is 4.22. The van der Waals surface area contributed by atoms with E-state index in [2.05, 4.69) is 5.16 Å². The Balaban J connectivity index is 2.98. The maximum Gasteiger partial charge on any atom is 0.141 e. The Morgan fingerprint density at radius 1 is 1.53 bits per heavy atom. The van der Waals surface area contributed by atoms with Gasteiger partial charge >= 0.3 is 0 Å². The van der Waals surface area contributed by atoms with Crippen molar-refractivity contribution in [3.05, 3.63) is 34.6 Å². The molecule has 0 heterocycles. The zero-order valence-corrected chi connectivity index (χ0v) is 9.29. The number of hydrogen-bond donors (Lipinski definition) is 1. The van der Waals surface area contributed by atoms with E-state index in [0.717, 1.165) is 0 Å². The highest BCUT2D eigenvalue weighted by Gasteiger charge is 2.08. The van der Waals surface area contributed by atoms with Gasteiger partial charge in [0.25, 0.3) is 0 Å². The van der Waals surface area contributed by atoms with Gasteiger partial charge in [0.15, 0.2) is 0 Å². The van der Waals surface area contributed by atoms with Gasteiger partial charge in [-0.1, -0.05) is 16.8 Å². The Hall–Kier alpha value is -1.13. The van der Waals surface area contributed by atoms with E-state index in [9.17, 15) is 4.39 Å². The van der Waals surface area contributed by atoms with Crippen molar-refractivity contribution in [1.82, 2.24) is 4.90 Å². The molecule has 0 aliphatic heterocycles. The molecule has 0 unspecified atom stereocenters. The summed E-state index contributed by atoms with van der Waals surface area (Å²) in [6.07, 6.45) is 0. The second kappa shape index (κ2) is 5.09. The Morgan fingerprint density at radius 3 is 2.67 bits per heavy atom. The largest absolute Gasteiger partial charge is 0.411 e. The topological polar surface area (TPSA) is 35.8 Å². The minimum Gasteiger partial charge on any atom is -0.411 e. The predicted octanol–water partition coefficient (Wildman–Crippen LogP) is 2.22. The quantitative estimate of drug-likeness (QED) is 0.491. The first-order valence-corrected chi connectivity index (χ1v) is 4.73. The summed E-state index contributed by atoms with van der Waals surface area (Å²) in [5, 5.41) is 12.0. The summed E-state index contributed by atoms with van der Waals surface area (Å²) in [7, 11) is 3.69. The molecule has 0 aliphatic rings.